The molecule has 88 valence electrons. The fourth-order valence-electron chi connectivity index (χ4n) is 1.73. The van der Waals surface area contributed by atoms with E-state index in [1.54, 1.807) is 6.92 Å². The molecule has 0 aromatic carbocycles. The third-order valence-corrected chi connectivity index (χ3v) is 2.91. The van der Waals surface area contributed by atoms with E-state index < -0.39 is 23.3 Å². The number of rotatable bonds is 4. The smallest absolute Gasteiger partial charge is 0.277 e. The van der Waals surface area contributed by atoms with Gasteiger partial charge in [0.1, 0.15) is 5.41 Å². The molecule has 5 heteroatoms. The van der Waals surface area contributed by atoms with Crippen LogP contribution in [0.3, 0.4) is 0 Å². The van der Waals surface area contributed by atoms with E-state index in [-0.39, 0.29) is 0 Å². The van der Waals surface area contributed by atoms with Gasteiger partial charge in [-0.3, -0.25) is 20.2 Å². The van der Waals surface area contributed by atoms with Crippen molar-refractivity contribution in [2.24, 2.45) is 5.41 Å². The first-order valence-electron chi connectivity index (χ1n) is 5.23. The van der Waals surface area contributed by atoms with Crippen molar-refractivity contribution in [1.29, 1.82) is 0 Å². The van der Waals surface area contributed by atoms with Crippen molar-refractivity contribution in [3.8, 4) is 0 Å². The summed E-state index contributed by atoms with van der Waals surface area (Å²) in [7, 11) is 0. The lowest BCUT2D eigenvalue weighted by atomic mass is 9.77. The first-order chi connectivity index (χ1) is 7.42. The average Bonchev–Trinajstić information content (AvgIpc) is 2.17. The minimum absolute atomic E-state index is 0.366. The third-order valence-electron chi connectivity index (χ3n) is 2.91. The fraction of sp³-hybridized carbons (Fsp3) is 0.545. The maximum Gasteiger partial charge on any atom is 0.328 e. The number of carbonyl (C=O) groups excluding carboxylic acids is 3. The molecule has 1 rings (SSSR count). The number of nitrogens with one attached hydrogen (secondary N) is 2. The van der Waals surface area contributed by atoms with Crippen molar-refractivity contribution >= 4 is 17.8 Å². The van der Waals surface area contributed by atoms with Crippen molar-refractivity contribution in [3.05, 3.63) is 12.2 Å². The Bertz CT molecular complexity index is 340. The number of hydrogen-bond acceptors (Lipinski definition) is 3. The van der Waals surface area contributed by atoms with Gasteiger partial charge in [-0.15, -0.1) is 6.58 Å². The van der Waals surface area contributed by atoms with Crippen LogP contribution in [0.25, 0.3) is 0 Å². The quantitative estimate of drug-likeness (QED) is 0.554. The van der Waals surface area contributed by atoms with Crippen LogP contribution in [0.2, 0.25) is 0 Å². The second kappa shape index (κ2) is 4.47. The Morgan fingerprint density at radius 3 is 2.12 bits per heavy atom. The monoisotopic (exact) mass is 224 g/mol. The first kappa shape index (κ1) is 12.4. The highest BCUT2D eigenvalue weighted by atomic mass is 16.2. The van der Waals surface area contributed by atoms with E-state index in [2.05, 4.69) is 17.2 Å². The van der Waals surface area contributed by atoms with Crippen LogP contribution in [-0.4, -0.2) is 17.8 Å². The lowest BCUT2D eigenvalue weighted by Crippen LogP contribution is -2.62. The normalized spacial score (nSPS) is 19.0. The Morgan fingerprint density at radius 1 is 1.25 bits per heavy atom. The number of amides is 4. The van der Waals surface area contributed by atoms with Crippen molar-refractivity contribution in [1.82, 2.24) is 10.6 Å². The highest BCUT2D eigenvalue weighted by Crippen LogP contribution is 2.31. The van der Waals surface area contributed by atoms with Gasteiger partial charge in [-0.1, -0.05) is 12.5 Å². The van der Waals surface area contributed by atoms with E-state index in [0.29, 0.717) is 19.3 Å². The zero-order valence-corrected chi connectivity index (χ0v) is 9.55. The van der Waals surface area contributed by atoms with Gasteiger partial charge < -0.3 is 0 Å². The van der Waals surface area contributed by atoms with E-state index in [1.165, 1.54) is 0 Å². The molecule has 0 radical (unpaired) electrons. The van der Waals surface area contributed by atoms with Gasteiger partial charge in [0.25, 0.3) is 0 Å². The summed E-state index contributed by atoms with van der Waals surface area (Å²) >= 11 is 0. The third kappa shape index (κ3) is 2.13. The molecule has 1 fully saturated rings. The number of imide groups is 2. The van der Waals surface area contributed by atoms with Crippen LogP contribution in [0.5, 0.6) is 0 Å². The van der Waals surface area contributed by atoms with E-state index in [4.69, 9.17) is 0 Å². The number of urea groups is 1. The second-order valence-corrected chi connectivity index (χ2v) is 4.13. The highest BCUT2D eigenvalue weighted by Gasteiger charge is 2.48. The van der Waals surface area contributed by atoms with Crippen LogP contribution in [0.1, 0.15) is 33.1 Å². The number of carbonyl (C=O) groups is 3. The van der Waals surface area contributed by atoms with Crippen LogP contribution in [-0.2, 0) is 9.59 Å². The molecule has 1 aliphatic heterocycles. The van der Waals surface area contributed by atoms with E-state index in [1.807, 2.05) is 6.92 Å². The number of hydrogen-bond donors (Lipinski definition) is 2. The van der Waals surface area contributed by atoms with Gasteiger partial charge in [-0.25, -0.2) is 4.79 Å². The molecule has 0 aliphatic carbocycles. The van der Waals surface area contributed by atoms with Crippen LogP contribution in [0.4, 0.5) is 4.79 Å². The van der Waals surface area contributed by atoms with Gasteiger partial charge >= 0.3 is 6.03 Å². The van der Waals surface area contributed by atoms with Gasteiger partial charge in [0.2, 0.25) is 11.8 Å². The number of allylic oxidation sites excluding steroid dienone is 1. The molecule has 0 atom stereocenters. The zero-order chi connectivity index (χ0) is 12.3. The summed E-state index contributed by atoms with van der Waals surface area (Å²) in [5.41, 5.74) is -0.224. The van der Waals surface area contributed by atoms with Crippen molar-refractivity contribution in [2.75, 3.05) is 0 Å². The summed E-state index contributed by atoms with van der Waals surface area (Å²) in [6.45, 7) is 7.34. The summed E-state index contributed by atoms with van der Waals surface area (Å²) < 4.78 is 0. The molecule has 1 saturated heterocycles. The zero-order valence-electron chi connectivity index (χ0n) is 9.55. The Morgan fingerprint density at radius 2 is 1.75 bits per heavy atom. The van der Waals surface area contributed by atoms with E-state index >= 15 is 0 Å². The molecule has 5 nitrogen and oxygen atoms in total. The SMILES string of the molecule is C=C(C)CCC1(CC)C(=O)NC(=O)NC1=O. The summed E-state index contributed by atoms with van der Waals surface area (Å²) in [4.78, 5) is 34.5. The summed E-state index contributed by atoms with van der Waals surface area (Å²) in [6.07, 6.45) is 1.33. The molecule has 2 N–H and O–H groups in total. The topological polar surface area (TPSA) is 75.3 Å². The van der Waals surface area contributed by atoms with Crippen molar-refractivity contribution < 1.29 is 14.4 Å². The Kier molecular flexibility index (Phi) is 3.47. The molecular formula is C11H16N2O3. The lowest BCUT2D eigenvalue weighted by Gasteiger charge is -2.33. The number of barbiturate groups is 1. The summed E-state index contributed by atoms with van der Waals surface area (Å²) in [6, 6.07) is -0.741. The van der Waals surface area contributed by atoms with Crippen LogP contribution in [0, 0.1) is 5.41 Å². The predicted octanol–water partition coefficient (Wildman–Crippen LogP) is 1.11. The minimum atomic E-state index is -1.13. The second-order valence-electron chi connectivity index (χ2n) is 4.13. The van der Waals surface area contributed by atoms with Crippen molar-refractivity contribution in [3.63, 3.8) is 0 Å². The molecule has 0 unspecified atom stereocenters. The summed E-state index contributed by atoms with van der Waals surface area (Å²) in [5, 5.41) is 4.27. The fourth-order valence-corrected chi connectivity index (χ4v) is 1.73. The molecule has 0 spiro atoms. The van der Waals surface area contributed by atoms with Gasteiger partial charge in [0, 0.05) is 0 Å². The molecular weight excluding hydrogens is 208 g/mol. The molecule has 16 heavy (non-hydrogen) atoms. The van der Waals surface area contributed by atoms with Crippen LogP contribution < -0.4 is 10.6 Å². The molecule has 1 aliphatic rings. The summed E-state index contributed by atoms with van der Waals surface area (Å²) in [5.74, 6) is -1.02. The molecule has 4 amide bonds. The predicted molar refractivity (Wildman–Crippen MR) is 58.5 cm³/mol. The molecule has 0 aromatic rings. The Balaban J connectivity index is 2.91. The molecule has 0 aromatic heterocycles. The van der Waals surface area contributed by atoms with Gasteiger partial charge in [0.05, 0.1) is 0 Å². The largest absolute Gasteiger partial charge is 0.328 e. The Hall–Kier alpha value is -1.65. The van der Waals surface area contributed by atoms with Crippen molar-refractivity contribution in [2.45, 2.75) is 33.1 Å². The van der Waals surface area contributed by atoms with Gasteiger partial charge in [-0.2, -0.15) is 0 Å². The molecule has 1 heterocycles. The van der Waals surface area contributed by atoms with E-state index in [9.17, 15) is 14.4 Å². The maximum absolute atomic E-state index is 11.8. The first-order valence-corrected chi connectivity index (χ1v) is 5.23. The van der Waals surface area contributed by atoms with E-state index in [0.717, 1.165) is 5.57 Å². The standard InChI is InChI=1S/C11H16N2O3/c1-4-11(6-5-7(2)3)8(14)12-10(16)13-9(11)15/h2,4-6H2,1,3H3,(H2,12,13,14,15,16). The van der Waals surface area contributed by atoms with Crippen LogP contribution >= 0.6 is 0 Å². The maximum atomic E-state index is 11.8. The molecule has 0 saturated carbocycles. The van der Waals surface area contributed by atoms with Gasteiger partial charge in [-0.05, 0) is 26.2 Å². The Labute approximate surface area is 94.3 Å². The van der Waals surface area contributed by atoms with Crippen LogP contribution in [0.15, 0.2) is 12.2 Å². The highest BCUT2D eigenvalue weighted by molar-refractivity contribution is 6.19. The van der Waals surface area contributed by atoms with Gasteiger partial charge in [0.15, 0.2) is 0 Å². The average molecular weight is 224 g/mol. The lowest BCUT2D eigenvalue weighted by molar-refractivity contribution is -0.145. The molecule has 0 bridgehead atoms. The minimum Gasteiger partial charge on any atom is -0.277 e.